The minimum Gasteiger partial charge on any atom is -0.507 e. The number of carboxylic acid groups (broad SMARTS) is 1. The van der Waals surface area contributed by atoms with Gasteiger partial charge in [0.1, 0.15) is 39.9 Å². The maximum absolute atomic E-state index is 13.7. The summed E-state index contributed by atoms with van der Waals surface area (Å²) in [5.41, 5.74) is -0.0307. The number of ketones is 3. The van der Waals surface area contributed by atoms with Crippen molar-refractivity contribution in [2.45, 2.75) is 45.1 Å². The predicted molar refractivity (Wildman–Crippen MR) is 151 cm³/mol. The number of aromatic hydroxyl groups is 1. The summed E-state index contributed by atoms with van der Waals surface area (Å²) in [6, 6.07) is 12.8. The monoisotopic (exact) mass is 571 g/mol. The second-order valence-electron chi connectivity index (χ2n) is 10.6. The Morgan fingerprint density at radius 3 is 2.55 bits per heavy atom. The minimum atomic E-state index is -1.66. The van der Waals surface area contributed by atoms with Gasteiger partial charge in [-0.1, -0.05) is 36.4 Å². The van der Waals surface area contributed by atoms with Gasteiger partial charge >= 0.3 is 5.97 Å². The van der Waals surface area contributed by atoms with Gasteiger partial charge in [0, 0.05) is 25.1 Å². The molecule has 1 amide bonds. The summed E-state index contributed by atoms with van der Waals surface area (Å²) < 4.78 is 11.3. The van der Waals surface area contributed by atoms with Crippen LogP contribution in [0.2, 0.25) is 0 Å². The van der Waals surface area contributed by atoms with Crippen LogP contribution in [0.1, 0.15) is 53.7 Å². The number of benzene rings is 3. The van der Waals surface area contributed by atoms with Crippen LogP contribution in [-0.4, -0.2) is 46.5 Å². The number of fused-ring (bicyclic) bond motifs is 4. The van der Waals surface area contributed by atoms with E-state index in [0.717, 1.165) is 34.9 Å². The third kappa shape index (κ3) is 4.68. The number of aliphatic carboxylic acids is 1. The van der Waals surface area contributed by atoms with Crippen molar-refractivity contribution in [2.75, 3.05) is 7.11 Å². The molecule has 1 aliphatic heterocycles. The van der Waals surface area contributed by atoms with Gasteiger partial charge in [-0.05, 0) is 48.6 Å². The summed E-state index contributed by atoms with van der Waals surface area (Å²) in [6.07, 6.45) is 2.13. The van der Waals surface area contributed by atoms with E-state index < -0.39 is 40.6 Å². The molecule has 3 N–H and O–H groups in total. The lowest BCUT2D eigenvalue weighted by molar-refractivity contribution is -0.141. The van der Waals surface area contributed by atoms with E-state index >= 15 is 0 Å². The van der Waals surface area contributed by atoms with E-state index in [-0.39, 0.29) is 47.1 Å². The molecular formula is C32H29NO9. The van der Waals surface area contributed by atoms with Crippen molar-refractivity contribution >= 4 is 40.0 Å². The molecule has 10 nitrogen and oxygen atoms in total. The highest BCUT2D eigenvalue weighted by molar-refractivity contribution is 6.27. The van der Waals surface area contributed by atoms with Gasteiger partial charge in [0.2, 0.25) is 0 Å². The van der Waals surface area contributed by atoms with E-state index in [2.05, 4.69) is 5.32 Å². The number of ether oxygens (including phenoxy) is 2. The zero-order chi connectivity index (χ0) is 30.3. The molecule has 42 heavy (non-hydrogen) atoms. The Hall–Kier alpha value is -4.99. The summed E-state index contributed by atoms with van der Waals surface area (Å²) in [6.45, 7) is 2.69. The van der Waals surface area contributed by atoms with Crippen LogP contribution in [0.3, 0.4) is 0 Å². The van der Waals surface area contributed by atoms with Gasteiger partial charge in [0.05, 0.1) is 12.7 Å². The number of amides is 1. The van der Waals surface area contributed by atoms with Gasteiger partial charge in [-0.3, -0.25) is 24.0 Å². The van der Waals surface area contributed by atoms with Crippen molar-refractivity contribution in [1.29, 1.82) is 0 Å². The first-order valence-corrected chi connectivity index (χ1v) is 13.4. The van der Waals surface area contributed by atoms with Crippen molar-refractivity contribution in [3.63, 3.8) is 0 Å². The van der Waals surface area contributed by atoms with Crippen LogP contribution in [0, 0.1) is 5.92 Å². The highest BCUT2D eigenvalue weighted by Gasteiger charge is 2.58. The number of carbonyl (C=O) groups excluding carboxylic acids is 4. The van der Waals surface area contributed by atoms with E-state index in [1.807, 2.05) is 36.4 Å². The Kier molecular flexibility index (Phi) is 7.32. The smallest absolute Gasteiger partial charge is 0.303 e. The summed E-state index contributed by atoms with van der Waals surface area (Å²) in [5.74, 6) is -5.72. The zero-order valence-electron chi connectivity index (χ0n) is 23.3. The molecule has 0 fully saturated rings. The third-order valence-corrected chi connectivity index (χ3v) is 7.90. The van der Waals surface area contributed by atoms with Crippen molar-refractivity contribution in [3.8, 4) is 17.2 Å². The summed E-state index contributed by atoms with van der Waals surface area (Å²) in [5, 5.41) is 24.7. The topological polar surface area (TPSA) is 156 Å². The highest BCUT2D eigenvalue weighted by Crippen LogP contribution is 2.56. The van der Waals surface area contributed by atoms with Gasteiger partial charge in [-0.15, -0.1) is 0 Å². The van der Waals surface area contributed by atoms with E-state index in [0.29, 0.717) is 12.8 Å². The lowest BCUT2D eigenvalue weighted by atomic mass is 9.67. The Labute approximate surface area is 240 Å². The minimum absolute atomic E-state index is 0.0132. The van der Waals surface area contributed by atoms with E-state index in [1.54, 1.807) is 0 Å². The van der Waals surface area contributed by atoms with Crippen LogP contribution in [0.15, 0.2) is 54.3 Å². The molecule has 1 heterocycles. The van der Waals surface area contributed by atoms with Crippen LogP contribution in [0.5, 0.6) is 17.2 Å². The molecule has 0 saturated carbocycles. The van der Waals surface area contributed by atoms with E-state index in [1.165, 1.54) is 20.1 Å². The Balaban J connectivity index is 1.52. The lowest BCUT2D eigenvalue weighted by Crippen LogP contribution is -2.47. The summed E-state index contributed by atoms with van der Waals surface area (Å²) >= 11 is 0. The molecule has 1 unspecified atom stereocenters. The lowest BCUT2D eigenvalue weighted by Gasteiger charge is -2.30. The number of phenolic OH excluding ortho intramolecular Hbond substituents is 1. The van der Waals surface area contributed by atoms with E-state index in [9.17, 15) is 29.1 Å². The Bertz CT molecular complexity index is 1720. The second-order valence-corrected chi connectivity index (χ2v) is 10.6. The largest absolute Gasteiger partial charge is 0.507 e. The fraction of sp³-hybridized carbons (Fsp3) is 0.281. The molecule has 0 aromatic heterocycles. The number of phenols is 1. The molecule has 3 aromatic rings. The number of aryl methyl sites for hydroxylation is 1. The zero-order valence-corrected chi connectivity index (χ0v) is 23.3. The first-order chi connectivity index (χ1) is 20.0. The van der Waals surface area contributed by atoms with Crippen LogP contribution in [0.25, 0.3) is 10.8 Å². The predicted octanol–water partition coefficient (Wildman–Crippen LogP) is 3.78. The van der Waals surface area contributed by atoms with E-state index in [4.69, 9.17) is 14.6 Å². The number of Topliss-reactive ketones (excluding diaryl/α,β-unsaturated/α-hetero) is 2. The molecule has 10 heteroatoms. The molecule has 0 bridgehead atoms. The number of hydrogen-bond donors (Lipinski definition) is 3. The molecule has 1 aliphatic carbocycles. The van der Waals surface area contributed by atoms with Crippen LogP contribution in [0.4, 0.5) is 0 Å². The van der Waals surface area contributed by atoms with Crippen LogP contribution >= 0.6 is 0 Å². The SMILES string of the molecule is COc1cc(O)c2c(c1C(=O)NCc1cc(CCCC(=O)O)cc3ccccc13)OC1=CC(=O)C(C(C)=O)C(=O)[C@]12C. The van der Waals surface area contributed by atoms with Gasteiger partial charge in [-0.25, -0.2) is 0 Å². The normalized spacial score (nSPS) is 19.0. The first kappa shape index (κ1) is 28.5. The molecular weight excluding hydrogens is 542 g/mol. The number of hydrogen-bond acceptors (Lipinski definition) is 8. The Morgan fingerprint density at radius 2 is 1.86 bits per heavy atom. The molecule has 0 spiro atoms. The van der Waals surface area contributed by atoms with Crippen molar-refractivity contribution < 1.29 is 43.7 Å². The number of carboxylic acids is 1. The summed E-state index contributed by atoms with van der Waals surface area (Å²) in [4.78, 5) is 62.9. The fourth-order valence-corrected chi connectivity index (χ4v) is 5.81. The van der Waals surface area contributed by atoms with Gasteiger partial charge < -0.3 is 25.0 Å². The number of rotatable bonds is 9. The quantitative estimate of drug-likeness (QED) is 0.325. The third-order valence-electron chi connectivity index (χ3n) is 7.90. The number of methoxy groups -OCH3 is 1. The molecule has 0 radical (unpaired) electrons. The first-order valence-electron chi connectivity index (χ1n) is 13.4. The molecule has 2 atom stereocenters. The summed E-state index contributed by atoms with van der Waals surface area (Å²) in [7, 11) is 1.31. The number of carbonyl (C=O) groups is 5. The molecule has 5 rings (SSSR count). The number of allylic oxidation sites excluding steroid dienone is 2. The van der Waals surface area contributed by atoms with Crippen molar-refractivity contribution in [2.24, 2.45) is 5.92 Å². The number of nitrogens with one attached hydrogen (secondary N) is 1. The molecule has 216 valence electrons. The standard InChI is InChI=1S/C32H29NO9/c1-16(34)26-21(35)14-24-32(2,30(26)39)28-22(36)13-23(41-3)27(29(28)42-24)31(40)33-15-19-12-17(7-6-10-25(37)38)11-18-8-4-5-9-20(18)19/h4-5,8-9,11-14,26,36H,6-7,10,15H2,1-3H3,(H,33,40)(H,37,38)/t26?,32-/m1/s1. The Morgan fingerprint density at radius 1 is 1.12 bits per heavy atom. The van der Waals surface area contributed by atoms with Gasteiger partial charge in [0.15, 0.2) is 17.3 Å². The van der Waals surface area contributed by atoms with Crippen molar-refractivity contribution in [1.82, 2.24) is 5.32 Å². The van der Waals surface area contributed by atoms with Crippen molar-refractivity contribution in [3.05, 3.63) is 76.6 Å². The average Bonchev–Trinajstić information content (AvgIpc) is 3.24. The highest BCUT2D eigenvalue weighted by atomic mass is 16.5. The van der Waals surface area contributed by atoms with Gasteiger partial charge in [-0.2, -0.15) is 0 Å². The maximum atomic E-state index is 13.7. The maximum Gasteiger partial charge on any atom is 0.303 e. The average molecular weight is 572 g/mol. The van der Waals surface area contributed by atoms with Crippen LogP contribution < -0.4 is 14.8 Å². The fourth-order valence-electron chi connectivity index (χ4n) is 5.81. The molecule has 0 saturated heterocycles. The van der Waals surface area contributed by atoms with Crippen LogP contribution in [-0.2, 0) is 37.6 Å². The van der Waals surface area contributed by atoms with Gasteiger partial charge in [0.25, 0.3) is 5.91 Å². The molecule has 3 aromatic carbocycles. The molecule has 2 aliphatic rings. The second kappa shape index (κ2) is 10.8.